The largest absolute Gasteiger partial charge is 0.491 e. The van der Waals surface area contributed by atoms with E-state index in [1.807, 2.05) is 32.9 Å². The lowest BCUT2D eigenvalue weighted by Crippen LogP contribution is -2.50. The fourth-order valence-electron chi connectivity index (χ4n) is 3.71. The molecule has 1 fully saturated rings. The summed E-state index contributed by atoms with van der Waals surface area (Å²) in [4.78, 5) is 34.7. The van der Waals surface area contributed by atoms with Gasteiger partial charge < -0.3 is 34.5 Å². The Balaban J connectivity index is 1.28. The number of piperazine rings is 1. The van der Waals surface area contributed by atoms with Crippen molar-refractivity contribution in [3.63, 3.8) is 0 Å². The SMILES string of the molecule is CC(C)(C)OC(=O)N1CCN(c2nc3ccc(OC[C@H](O)CCn4cc([N+](=O)[O-])nc4Cl)cc3s2)CC1. The van der Waals surface area contributed by atoms with Crippen molar-refractivity contribution in [2.45, 2.75) is 45.4 Å². The molecule has 200 valence electrons. The second kappa shape index (κ2) is 11.1. The number of carbonyl (C=O) groups excluding carboxylic acids is 1. The first-order valence-electron chi connectivity index (χ1n) is 11.8. The van der Waals surface area contributed by atoms with Crippen LogP contribution in [0.1, 0.15) is 27.2 Å². The van der Waals surface area contributed by atoms with Crippen LogP contribution in [0.15, 0.2) is 24.4 Å². The first kappa shape index (κ1) is 26.9. The smallest absolute Gasteiger partial charge is 0.410 e. The summed E-state index contributed by atoms with van der Waals surface area (Å²) in [6.07, 6.45) is 0.430. The normalized spacial score (nSPS) is 15.2. The van der Waals surface area contributed by atoms with Crippen molar-refractivity contribution in [3.8, 4) is 5.75 Å². The molecule has 3 heterocycles. The molecule has 12 nitrogen and oxygen atoms in total. The van der Waals surface area contributed by atoms with Crippen LogP contribution in [-0.4, -0.2) is 80.0 Å². The van der Waals surface area contributed by atoms with E-state index in [1.165, 1.54) is 10.8 Å². The summed E-state index contributed by atoms with van der Waals surface area (Å²) < 4.78 is 13.6. The zero-order valence-corrected chi connectivity index (χ0v) is 22.4. The molecule has 1 amide bonds. The van der Waals surface area contributed by atoms with Crippen molar-refractivity contribution < 1.29 is 24.3 Å². The molecule has 0 bridgehead atoms. The van der Waals surface area contributed by atoms with Gasteiger partial charge in [-0.25, -0.2) is 9.78 Å². The summed E-state index contributed by atoms with van der Waals surface area (Å²) >= 11 is 7.45. The van der Waals surface area contributed by atoms with E-state index in [4.69, 9.17) is 26.1 Å². The van der Waals surface area contributed by atoms with Gasteiger partial charge in [-0.1, -0.05) is 11.3 Å². The fraction of sp³-hybridized carbons (Fsp3) is 0.522. The molecule has 1 aliphatic rings. The molecule has 0 saturated carbocycles. The highest BCUT2D eigenvalue weighted by Crippen LogP contribution is 2.32. The van der Waals surface area contributed by atoms with Gasteiger partial charge in [-0.3, -0.25) is 4.57 Å². The molecule has 3 aromatic rings. The number of ether oxygens (including phenoxy) is 2. The highest BCUT2D eigenvalue weighted by Gasteiger charge is 2.27. The lowest BCUT2D eigenvalue weighted by molar-refractivity contribution is -0.389. The second-order valence-electron chi connectivity index (χ2n) is 9.65. The quantitative estimate of drug-likeness (QED) is 0.325. The van der Waals surface area contributed by atoms with Crippen LogP contribution in [0.5, 0.6) is 5.75 Å². The second-order valence-corrected chi connectivity index (χ2v) is 11.0. The number of carbonyl (C=O) groups is 1. The number of fused-ring (bicyclic) bond motifs is 1. The predicted molar refractivity (Wildman–Crippen MR) is 140 cm³/mol. The van der Waals surface area contributed by atoms with E-state index in [2.05, 4.69) is 9.88 Å². The number of nitrogens with zero attached hydrogens (tertiary/aromatic N) is 6. The third-order valence-electron chi connectivity index (χ3n) is 5.60. The molecule has 1 saturated heterocycles. The third kappa shape index (κ3) is 6.99. The summed E-state index contributed by atoms with van der Waals surface area (Å²) in [5, 5.41) is 22.0. The third-order valence-corrected chi connectivity index (χ3v) is 6.98. The van der Waals surface area contributed by atoms with Gasteiger partial charge in [0.05, 0.1) is 16.3 Å². The van der Waals surface area contributed by atoms with Crippen molar-refractivity contribution in [2.75, 3.05) is 37.7 Å². The van der Waals surface area contributed by atoms with Crippen molar-refractivity contribution in [3.05, 3.63) is 39.8 Å². The number of halogens is 1. The monoisotopic (exact) mass is 552 g/mol. The molecule has 0 unspecified atom stereocenters. The molecule has 14 heteroatoms. The first-order valence-corrected chi connectivity index (χ1v) is 13.0. The minimum absolute atomic E-state index is 0.00229. The maximum absolute atomic E-state index is 12.3. The van der Waals surface area contributed by atoms with Gasteiger partial charge in [0.1, 0.15) is 24.2 Å². The van der Waals surface area contributed by atoms with Gasteiger partial charge in [0.2, 0.25) is 0 Å². The van der Waals surface area contributed by atoms with Crippen LogP contribution in [0.3, 0.4) is 0 Å². The number of nitro groups is 1. The van der Waals surface area contributed by atoms with Gasteiger partial charge in [-0.05, 0) is 66.9 Å². The number of hydrogen-bond donors (Lipinski definition) is 1. The van der Waals surface area contributed by atoms with E-state index >= 15 is 0 Å². The number of rotatable bonds is 8. The summed E-state index contributed by atoms with van der Waals surface area (Å²) in [6, 6.07) is 5.56. The maximum atomic E-state index is 12.3. The van der Waals surface area contributed by atoms with E-state index in [1.54, 1.807) is 22.3 Å². The molecular formula is C23H29ClN6O6S. The van der Waals surface area contributed by atoms with Crippen molar-refractivity contribution >= 4 is 50.2 Å². The van der Waals surface area contributed by atoms with E-state index in [-0.39, 0.29) is 36.8 Å². The van der Waals surface area contributed by atoms with Crippen molar-refractivity contribution in [1.29, 1.82) is 0 Å². The number of aliphatic hydroxyl groups excluding tert-OH is 1. The van der Waals surface area contributed by atoms with Gasteiger partial charge in [-0.2, -0.15) is 0 Å². The zero-order chi connectivity index (χ0) is 26.7. The van der Waals surface area contributed by atoms with Gasteiger partial charge >= 0.3 is 17.2 Å². The highest BCUT2D eigenvalue weighted by atomic mass is 35.5. The Kier molecular flexibility index (Phi) is 8.05. The average molecular weight is 553 g/mol. The average Bonchev–Trinajstić information content (AvgIpc) is 3.43. The van der Waals surface area contributed by atoms with E-state index < -0.39 is 16.6 Å². The van der Waals surface area contributed by atoms with Crippen LogP contribution in [0, 0.1) is 10.1 Å². The molecule has 1 aliphatic heterocycles. The summed E-state index contributed by atoms with van der Waals surface area (Å²) in [7, 11) is 0. The number of thiazole rings is 1. The molecule has 1 aromatic carbocycles. The van der Waals surface area contributed by atoms with Crippen LogP contribution in [-0.2, 0) is 11.3 Å². The Bertz CT molecular complexity index is 1270. The van der Waals surface area contributed by atoms with E-state index in [9.17, 15) is 20.0 Å². The van der Waals surface area contributed by atoms with Crippen LogP contribution in [0.25, 0.3) is 10.2 Å². The number of aryl methyl sites for hydroxylation is 1. The number of hydrogen-bond acceptors (Lipinski definition) is 10. The summed E-state index contributed by atoms with van der Waals surface area (Å²) in [5.41, 5.74) is 0.326. The first-order chi connectivity index (χ1) is 17.5. The number of imidazole rings is 1. The number of aliphatic hydroxyl groups is 1. The topological polar surface area (TPSA) is 136 Å². The molecule has 0 spiro atoms. The van der Waals surface area contributed by atoms with Gasteiger partial charge in [0.25, 0.3) is 0 Å². The Morgan fingerprint density at radius 1 is 1.27 bits per heavy atom. The Hall–Kier alpha value is -3.16. The van der Waals surface area contributed by atoms with Crippen LogP contribution in [0.2, 0.25) is 5.28 Å². The molecule has 2 aromatic heterocycles. The fourth-order valence-corrected chi connectivity index (χ4v) is 4.98. The lowest BCUT2D eigenvalue weighted by Gasteiger charge is -2.35. The molecule has 0 radical (unpaired) electrons. The zero-order valence-electron chi connectivity index (χ0n) is 20.8. The Morgan fingerprint density at radius 3 is 2.65 bits per heavy atom. The van der Waals surface area contributed by atoms with Crippen molar-refractivity contribution in [2.24, 2.45) is 0 Å². The summed E-state index contributed by atoms with van der Waals surface area (Å²) in [6.45, 7) is 8.35. The van der Waals surface area contributed by atoms with Crippen molar-refractivity contribution in [1.82, 2.24) is 19.4 Å². The van der Waals surface area contributed by atoms with Gasteiger partial charge in [-0.15, -0.1) is 0 Å². The van der Waals surface area contributed by atoms with E-state index in [0.717, 1.165) is 15.3 Å². The minimum Gasteiger partial charge on any atom is -0.491 e. The molecule has 1 N–H and O–H groups in total. The number of anilines is 1. The standard InChI is InChI=1S/C23H29ClN6O6S/c1-23(2,3)36-22(32)28-10-8-27(9-11-28)21-25-17-5-4-16(12-18(17)37-21)35-14-15(31)6-7-29-13-19(30(33)34)26-20(29)24/h4-5,12-13,15,31H,6-11,14H2,1-3H3/t15-/m1/s1. The molecule has 37 heavy (non-hydrogen) atoms. The molecule has 4 rings (SSSR count). The predicted octanol–water partition coefficient (Wildman–Crippen LogP) is 3.94. The lowest BCUT2D eigenvalue weighted by atomic mass is 10.2. The number of aromatic nitrogens is 3. The maximum Gasteiger partial charge on any atom is 0.410 e. The molecule has 0 aliphatic carbocycles. The van der Waals surface area contributed by atoms with Gasteiger partial charge in [0.15, 0.2) is 5.13 Å². The van der Waals surface area contributed by atoms with E-state index in [0.29, 0.717) is 31.9 Å². The Labute approximate surface area is 222 Å². The minimum atomic E-state index is -0.800. The van der Waals surface area contributed by atoms with Gasteiger partial charge in [0, 0.05) is 32.7 Å². The Morgan fingerprint density at radius 2 is 2.00 bits per heavy atom. The number of benzene rings is 1. The highest BCUT2D eigenvalue weighted by molar-refractivity contribution is 7.22. The molecular weight excluding hydrogens is 524 g/mol. The van der Waals surface area contributed by atoms with Crippen LogP contribution < -0.4 is 9.64 Å². The van der Waals surface area contributed by atoms with Crippen LogP contribution >= 0.6 is 22.9 Å². The summed E-state index contributed by atoms with van der Waals surface area (Å²) in [5.74, 6) is 0.269. The van der Waals surface area contributed by atoms with Crippen LogP contribution in [0.4, 0.5) is 15.7 Å². The number of amides is 1. The molecule has 1 atom stereocenters.